The Kier molecular flexibility index (Phi) is 5.47. The third-order valence-electron chi connectivity index (χ3n) is 1.29. The summed E-state index contributed by atoms with van der Waals surface area (Å²) in [5.74, 6) is 0. The topological polar surface area (TPSA) is 0 Å². The summed E-state index contributed by atoms with van der Waals surface area (Å²) >= 11 is 11.9. The highest BCUT2D eigenvalue weighted by molar-refractivity contribution is 8.11. The molecule has 0 bridgehead atoms. The quantitative estimate of drug-likeness (QED) is 0.464. The molecule has 1 rings (SSSR count). The van der Waals surface area contributed by atoms with E-state index in [2.05, 4.69) is 37.4 Å². The zero-order valence-electron chi connectivity index (χ0n) is 6.43. The van der Waals surface area contributed by atoms with Crippen molar-refractivity contribution in [2.45, 2.75) is 9.79 Å². The van der Waals surface area contributed by atoms with Gasteiger partial charge in [0.25, 0.3) is 0 Å². The van der Waals surface area contributed by atoms with Gasteiger partial charge in [0, 0.05) is 20.0 Å². The van der Waals surface area contributed by atoms with Crippen molar-refractivity contribution in [1.82, 2.24) is 0 Å². The van der Waals surface area contributed by atoms with Gasteiger partial charge in [0.15, 0.2) is 0 Å². The Hall–Kier alpha value is 0.620. The molecule has 0 aliphatic carbocycles. The predicted octanol–water partition coefficient (Wildman–Crippen LogP) is 3.65. The lowest BCUT2D eigenvalue weighted by Gasteiger charge is -2.04. The molecule has 0 N–H and O–H groups in total. The SMILES string of the molecule is SCSc1ccccc1SCS. The largest absolute Gasteiger partial charge is 0.168 e. The molecule has 0 amide bonds. The highest BCUT2D eigenvalue weighted by atomic mass is 32.2. The Labute approximate surface area is 92.7 Å². The molecule has 0 atom stereocenters. The summed E-state index contributed by atoms with van der Waals surface area (Å²) in [6, 6.07) is 8.34. The van der Waals surface area contributed by atoms with Gasteiger partial charge in [0.05, 0.1) is 0 Å². The Balaban J connectivity index is 2.77. The van der Waals surface area contributed by atoms with Crippen LogP contribution in [0.4, 0.5) is 0 Å². The van der Waals surface area contributed by atoms with Crippen LogP contribution >= 0.6 is 48.8 Å². The third kappa shape index (κ3) is 3.17. The van der Waals surface area contributed by atoms with E-state index in [1.807, 2.05) is 12.1 Å². The van der Waals surface area contributed by atoms with Crippen molar-refractivity contribution in [3.8, 4) is 0 Å². The first-order valence-electron chi connectivity index (χ1n) is 3.45. The van der Waals surface area contributed by atoms with Crippen molar-refractivity contribution in [1.29, 1.82) is 0 Å². The fourth-order valence-corrected chi connectivity index (χ4v) is 3.06. The summed E-state index contributed by atoms with van der Waals surface area (Å²) in [7, 11) is 0. The maximum absolute atomic E-state index is 4.18. The number of thioether (sulfide) groups is 2. The lowest BCUT2D eigenvalue weighted by molar-refractivity contribution is 1.26. The van der Waals surface area contributed by atoms with Crippen LogP contribution in [0, 0.1) is 0 Å². The predicted molar refractivity (Wildman–Crippen MR) is 65.9 cm³/mol. The van der Waals surface area contributed by atoms with Gasteiger partial charge in [-0.05, 0) is 12.1 Å². The second-order valence-corrected chi connectivity index (χ2v) is 5.52. The fraction of sp³-hybridized carbons (Fsp3) is 0.250. The third-order valence-corrected chi connectivity index (χ3v) is 3.79. The Morgan fingerprint density at radius 2 is 1.33 bits per heavy atom. The van der Waals surface area contributed by atoms with Gasteiger partial charge in [-0.15, -0.1) is 23.5 Å². The molecule has 0 aromatic heterocycles. The van der Waals surface area contributed by atoms with Crippen molar-refractivity contribution in [3.63, 3.8) is 0 Å². The highest BCUT2D eigenvalue weighted by Crippen LogP contribution is 2.31. The molecular weight excluding hydrogens is 224 g/mol. The van der Waals surface area contributed by atoms with Gasteiger partial charge >= 0.3 is 0 Å². The summed E-state index contributed by atoms with van der Waals surface area (Å²) in [6.45, 7) is 0. The molecule has 0 aliphatic rings. The minimum absolute atomic E-state index is 0.824. The van der Waals surface area contributed by atoms with Crippen molar-refractivity contribution in [2.24, 2.45) is 0 Å². The molecule has 0 saturated carbocycles. The summed E-state index contributed by atoms with van der Waals surface area (Å²) < 4.78 is 0. The molecule has 0 aliphatic heterocycles. The van der Waals surface area contributed by atoms with Gasteiger partial charge in [0.1, 0.15) is 0 Å². The molecule has 1 aromatic rings. The maximum atomic E-state index is 4.18. The van der Waals surface area contributed by atoms with Crippen LogP contribution in [0.15, 0.2) is 34.1 Å². The maximum Gasteiger partial charge on any atom is 0.0409 e. The Bertz CT molecular complexity index is 211. The average Bonchev–Trinajstić information content (AvgIpc) is 2.09. The second kappa shape index (κ2) is 6.13. The minimum Gasteiger partial charge on any atom is -0.168 e. The van der Waals surface area contributed by atoms with E-state index in [-0.39, 0.29) is 0 Å². The summed E-state index contributed by atoms with van der Waals surface area (Å²) in [5.41, 5.74) is 0. The van der Waals surface area contributed by atoms with E-state index in [1.165, 1.54) is 9.79 Å². The number of thiol groups is 2. The van der Waals surface area contributed by atoms with E-state index in [0.29, 0.717) is 0 Å². The Morgan fingerprint density at radius 1 is 0.917 bits per heavy atom. The van der Waals surface area contributed by atoms with E-state index in [1.54, 1.807) is 23.5 Å². The van der Waals surface area contributed by atoms with E-state index >= 15 is 0 Å². The molecule has 66 valence electrons. The first-order chi connectivity index (χ1) is 5.88. The molecule has 0 nitrogen and oxygen atoms in total. The molecule has 0 spiro atoms. The normalized spacial score (nSPS) is 10.2. The lowest BCUT2D eigenvalue weighted by atomic mass is 10.4. The molecule has 0 fully saturated rings. The average molecular weight is 234 g/mol. The monoisotopic (exact) mass is 234 g/mol. The van der Waals surface area contributed by atoms with Gasteiger partial charge in [-0.3, -0.25) is 0 Å². The zero-order chi connectivity index (χ0) is 8.81. The first-order valence-corrected chi connectivity index (χ1v) is 6.68. The van der Waals surface area contributed by atoms with E-state index in [4.69, 9.17) is 0 Å². The molecule has 0 radical (unpaired) electrons. The summed E-state index contributed by atoms with van der Waals surface area (Å²) in [6.07, 6.45) is 0. The second-order valence-electron chi connectivity index (χ2n) is 1.99. The van der Waals surface area contributed by atoms with E-state index in [0.717, 1.165) is 10.2 Å². The molecule has 0 unspecified atom stereocenters. The lowest BCUT2D eigenvalue weighted by Crippen LogP contribution is -1.77. The smallest absolute Gasteiger partial charge is 0.0409 e. The van der Waals surface area contributed by atoms with Crippen LogP contribution < -0.4 is 0 Å². The first kappa shape index (κ1) is 10.7. The highest BCUT2D eigenvalue weighted by Gasteiger charge is 1.99. The molecule has 0 saturated heterocycles. The minimum atomic E-state index is 0.824. The standard InChI is InChI=1S/C8H10S4/c9-5-11-7-3-1-2-4-8(7)12-6-10/h1-4,9-10H,5-6H2. The van der Waals surface area contributed by atoms with Crippen LogP contribution in [-0.2, 0) is 0 Å². The Morgan fingerprint density at radius 3 is 1.67 bits per heavy atom. The van der Waals surface area contributed by atoms with Crippen LogP contribution in [0.5, 0.6) is 0 Å². The van der Waals surface area contributed by atoms with Crippen molar-refractivity contribution >= 4 is 48.8 Å². The molecular formula is C8H10S4. The number of hydrogen-bond acceptors (Lipinski definition) is 4. The van der Waals surface area contributed by atoms with Gasteiger partial charge in [0.2, 0.25) is 0 Å². The number of hydrogen-bond donors (Lipinski definition) is 2. The van der Waals surface area contributed by atoms with Crippen molar-refractivity contribution < 1.29 is 0 Å². The van der Waals surface area contributed by atoms with Crippen LogP contribution in [-0.4, -0.2) is 10.2 Å². The zero-order valence-corrected chi connectivity index (χ0v) is 9.86. The van der Waals surface area contributed by atoms with Crippen LogP contribution in [0.1, 0.15) is 0 Å². The van der Waals surface area contributed by atoms with Gasteiger partial charge in [-0.25, -0.2) is 0 Å². The molecule has 12 heavy (non-hydrogen) atoms. The summed E-state index contributed by atoms with van der Waals surface area (Å²) in [5, 5.41) is 1.65. The molecule has 1 aromatic carbocycles. The van der Waals surface area contributed by atoms with Gasteiger partial charge in [-0.2, -0.15) is 25.3 Å². The van der Waals surface area contributed by atoms with E-state index < -0.39 is 0 Å². The van der Waals surface area contributed by atoms with E-state index in [9.17, 15) is 0 Å². The van der Waals surface area contributed by atoms with Crippen LogP contribution in [0.3, 0.4) is 0 Å². The van der Waals surface area contributed by atoms with Crippen molar-refractivity contribution in [3.05, 3.63) is 24.3 Å². The summed E-state index contributed by atoms with van der Waals surface area (Å²) in [4.78, 5) is 2.60. The van der Waals surface area contributed by atoms with Crippen LogP contribution in [0.25, 0.3) is 0 Å². The van der Waals surface area contributed by atoms with Gasteiger partial charge in [-0.1, -0.05) is 12.1 Å². The fourth-order valence-electron chi connectivity index (χ4n) is 0.828. The van der Waals surface area contributed by atoms with Crippen LogP contribution in [0.2, 0.25) is 0 Å². The molecule has 0 heterocycles. The van der Waals surface area contributed by atoms with Gasteiger partial charge < -0.3 is 0 Å². The number of rotatable bonds is 4. The molecule has 4 heteroatoms. The van der Waals surface area contributed by atoms with Crippen molar-refractivity contribution in [2.75, 3.05) is 10.2 Å². The number of benzene rings is 1.